The van der Waals surface area contributed by atoms with Gasteiger partial charge in [-0.05, 0) is 25.1 Å². The van der Waals surface area contributed by atoms with Crippen LogP contribution >= 0.6 is 11.6 Å². The Bertz CT molecular complexity index is 1130. The highest BCUT2D eigenvalue weighted by molar-refractivity contribution is 6.38. The quantitative estimate of drug-likeness (QED) is 0.497. The number of hydrogen-bond donors (Lipinski definition) is 1. The number of amides is 3. The van der Waals surface area contributed by atoms with Crippen molar-refractivity contribution in [3.8, 4) is 0 Å². The molecule has 0 aliphatic heterocycles. The Morgan fingerprint density at radius 3 is 2.66 bits per heavy atom. The van der Waals surface area contributed by atoms with Gasteiger partial charge in [0.15, 0.2) is 5.65 Å². The fraction of sp³-hybridized carbons (Fsp3) is 0.176. The van der Waals surface area contributed by atoms with Crippen LogP contribution < -0.4 is 10.2 Å². The van der Waals surface area contributed by atoms with Crippen molar-refractivity contribution in [2.75, 3.05) is 10.2 Å². The van der Waals surface area contributed by atoms with E-state index in [0.717, 1.165) is 6.07 Å². The zero-order chi connectivity index (χ0) is 21.5. The first kappa shape index (κ1) is 20.5. The molecule has 0 unspecified atom stereocenters. The summed E-state index contributed by atoms with van der Waals surface area (Å²) in [5, 5.41) is 7.03. The van der Waals surface area contributed by atoms with Crippen LogP contribution in [0.3, 0.4) is 0 Å². The van der Waals surface area contributed by atoms with Crippen LogP contribution in [0.4, 0.5) is 33.7 Å². The van der Waals surface area contributed by atoms with E-state index in [4.69, 9.17) is 11.6 Å². The minimum atomic E-state index is -5.00. The molecule has 0 atom stereocenters. The van der Waals surface area contributed by atoms with E-state index >= 15 is 0 Å². The van der Waals surface area contributed by atoms with E-state index in [1.165, 1.54) is 10.9 Å². The molecule has 1 aromatic carbocycles. The highest BCUT2D eigenvalue weighted by Crippen LogP contribution is 2.34. The second kappa shape index (κ2) is 7.32. The van der Waals surface area contributed by atoms with Crippen molar-refractivity contribution in [2.24, 2.45) is 7.05 Å². The van der Waals surface area contributed by atoms with E-state index in [1.54, 1.807) is 14.0 Å². The van der Waals surface area contributed by atoms with Crippen LogP contribution in [-0.2, 0) is 18.0 Å². The minimum absolute atomic E-state index is 0.00207. The number of fused-ring (bicyclic) bond motifs is 1. The zero-order valence-electron chi connectivity index (χ0n) is 14.9. The zero-order valence-corrected chi connectivity index (χ0v) is 15.6. The number of anilines is 2. The van der Waals surface area contributed by atoms with Gasteiger partial charge in [-0.25, -0.2) is 19.1 Å². The van der Waals surface area contributed by atoms with Crippen LogP contribution in [0.5, 0.6) is 0 Å². The van der Waals surface area contributed by atoms with Crippen molar-refractivity contribution >= 4 is 46.5 Å². The second-order valence-electron chi connectivity index (χ2n) is 5.96. The number of hydrogen-bond acceptors (Lipinski definition) is 4. The molecule has 3 amide bonds. The monoisotopic (exact) mass is 429 g/mol. The predicted octanol–water partition coefficient (Wildman–Crippen LogP) is 4.28. The van der Waals surface area contributed by atoms with Gasteiger partial charge in [0.2, 0.25) is 6.41 Å². The lowest BCUT2D eigenvalue weighted by molar-refractivity contribution is -0.140. The topological polar surface area (TPSA) is 80.1 Å². The standard InChI is InChI=1S/C17H12ClF4N5O2/c1-8-13-14(18)12(6-23-15(13)26(2)25-8)24-16(29)27(7-28)9-3-4-11(19)10(5-9)17(20,21)22/h3-7H,1-2H3,(H,24,29). The number of nitrogens with one attached hydrogen (secondary N) is 1. The lowest BCUT2D eigenvalue weighted by Gasteiger charge is -2.18. The van der Waals surface area contributed by atoms with Crippen LogP contribution in [0, 0.1) is 12.7 Å². The molecule has 0 saturated carbocycles. The van der Waals surface area contributed by atoms with Crippen molar-refractivity contribution in [2.45, 2.75) is 13.1 Å². The Labute approximate surface area is 165 Å². The van der Waals surface area contributed by atoms with E-state index in [-0.39, 0.29) is 17.1 Å². The number of halogens is 5. The molecule has 2 aromatic heterocycles. The van der Waals surface area contributed by atoms with E-state index in [1.807, 2.05) is 0 Å². The first-order valence-electron chi connectivity index (χ1n) is 7.94. The number of alkyl halides is 3. The summed E-state index contributed by atoms with van der Waals surface area (Å²) >= 11 is 6.29. The summed E-state index contributed by atoms with van der Waals surface area (Å²) in [6.07, 6.45) is -3.78. The Balaban J connectivity index is 1.96. The smallest absolute Gasteiger partial charge is 0.304 e. The Hall–Kier alpha value is -3.21. The number of aromatic nitrogens is 3. The molecule has 0 saturated heterocycles. The summed E-state index contributed by atoms with van der Waals surface area (Å²) in [5.74, 6) is -1.53. The molecule has 0 aliphatic carbocycles. The number of aryl methyl sites for hydroxylation is 2. The van der Waals surface area contributed by atoms with Crippen molar-refractivity contribution in [3.05, 3.63) is 46.5 Å². The third-order valence-electron chi connectivity index (χ3n) is 4.06. The summed E-state index contributed by atoms with van der Waals surface area (Å²) in [7, 11) is 1.65. The van der Waals surface area contributed by atoms with Crippen molar-refractivity contribution in [1.29, 1.82) is 0 Å². The second-order valence-corrected chi connectivity index (χ2v) is 6.34. The van der Waals surface area contributed by atoms with Gasteiger partial charge in [0, 0.05) is 7.05 Å². The summed E-state index contributed by atoms with van der Waals surface area (Å²) < 4.78 is 53.7. The van der Waals surface area contributed by atoms with Gasteiger partial charge in [0.25, 0.3) is 0 Å². The summed E-state index contributed by atoms with van der Waals surface area (Å²) in [5.41, 5.74) is -1.08. The number of carbonyl (C=O) groups is 2. The Kier molecular flexibility index (Phi) is 5.18. The molecule has 0 bridgehead atoms. The lowest BCUT2D eigenvalue weighted by atomic mass is 10.1. The molecule has 0 radical (unpaired) electrons. The Morgan fingerprint density at radius 1 is 1.34 bits per heavy atom. The predicted molar refractivity (Wildman–Crippen MR) is 97.2 cm³/mol. The highest BCUT2D eigenvalue weighted by Gasteiger charge is 2.35. The molecule has 12 heteroatoms. The first-order chi connectivity index (χ1) is 13.5. The van der Waals surface area contributed by atoms with E-state index < -0.39 is 29.3 Å². The summed E-state index contributed by atoms with van der Waals surface area (Å²) in [4.78, 5) is 28.3. The third kappa shape index (κ3) is 3.73. The van der Waals surface area contributed by atoms with Crippen LogP contribution in [0.15, 0.2) is 24.4 Å². The van der Waals surface area contributed by atoms with Crippen molar-refractivity contribution in [3.63, 3.8) is 0 Å². The van der Waals surface area contributed by atoms with Gasteiger partial charge in [-0.1, -0.05) is 11.6 Å². The minimum Gasteiger partial charge on any atom is -0.304 e. The molecule has 29 heavy (non-hydrogen) atoms. The molecular weight excluding hydrogens is 418 g/mol. The maximum absolute atomic E-state index is 13.5. The fourth-order valence-electron chi connectivity index (χ4n) is 2.74. The molecular formula is C17H12ClF4N5O2. The number of carbonyl (C=O) groups excluding carboxylic acids is 2. The van der Waals surface area contributed by atoms with Crippen molar-refractivity contribution in [1.82, 2.24) is 14.8 Å². The van der Waals surface area contributed by atoms with E-state index in [0.29, 0.717) is 33.8 Å². The number of urea groups is 1. The van der Waals surface area contributed by atoms with Gasteiger partial charge >= 0.3 is 12.2 Å². The molecule has 0 fully saturated rings. The van der Waals surface area contributed by atoms with Crippen LogP contribution in [0.1, 0.15) is 11.3 Å². The molecule has 2 heterocycles. The van der Waals surface area contributed by atoms with Crippen molar-refractivity contribution < 1.29 is 27.2 Å². The van der Waals surface area contributed by atoms with Crippen LogP contribution in [-0.4, -0.2) is 27.2 Å². The molecule has 3 aromatic rings. The highest BCUT2D eigenvalue weighted by atomic mass is 35.5. The average molecular weight is 430 g/mol. The molecule has 0 aliphatic rings. The van der Waals surface area contributed by atoms with Gasteiger partial charge < -0.3 is 5.32 Å². The van der Waals surface area contributed by atoms with E-state index in [2.05, 4.69) is 15.4 Å². The average Bonchev–Trinajstić information content (AvgIpc) is 2.92. The van der Waals surface area contributed by atoms with Gasteiger partial charge in [-0.15, -0.1) is 0 Å². The van der Waals surface area contributed by atoms with Gasteiger partial charge in [0.05, 0.1) is 39.2 Å². The number of pyridine rings is 1. The summed E-state index contributed by atoms with van der Waals surface area (Å²) in [6, 6.07) is 0.635. The molecule has 1 N–H and O–H groups in total. The fourth-order valence-corrected chi connectivity index (χ4v) is 3.05. The lowest BCUT2D eigenvalue weighted by Crippen LogP contribution is -2.34. The number of benzene rings is 1. The largest absolute Gasteiger partial charge is 0.419 e. The van der Waals surface area contributed by atoms with Crippen LogP contribution in [0.25, 0.3) is 11.0 Å². The molecule has 0 spiro atoms. The Morgan fingerprint density at radius 2 is 2.03 bits per heavy atom. The normalized spacial score (nSPS) is 11.6. The number of nitrogens with zero attached hydrogens (tertiary/aromatic N) is 4. The maximum Gasteiger partial charge on any atom is 0.419 e. The van der Waals surface area contributed by atoms with Gasteiger partial charge in [0.1, 0.15) is 5.82 Å². The first-order valence-corrected chi connectivity index (χ1v) is 8.32. The van der Waals surface area contributed by atoms with E-state index in [9.17, 15) is 27.2 Å². The van der Waals surface area contributed by atoms with Gasteiger partial charge in [-0.2, -0.15) is 18.3 Å². The molecule has 3 rings (SSSR count). The number of imide groups is 1. The molecule has 7 nitrogen and oxygen atoms in total. The SMILES string of the molecule is Cc1nn(C)c2ncc(NC(=O)N(C=O)c3ccc(F)c(C(F)(F)F)c3)c(Cl)c12. The number of rotatable bonds is 3. The molecule has 152 valence electrons. The van der Waals surface area contributed by atoms with Gasteiger partial charge in [-0.3, -0.25) is 9.48 Å². The van der Waals surface area contributed by atoms with Crippen LogP contribution in [0.2, 0.25) is 5.02 Å². The summed E-state index contributed by atoms with van der Waals surface area (Å²) in [6.45, 7) is 1.68. The third-order valence-corrected chi connectivity index (χ3v) is 4.46. The maximum atomic E-state index is 13.5.